The molecule has 2 aromatic carbocycles. The molecule has 102 valence electrons. The average molecular weight is 272 g/mol. The van der Waals surface area contributed by atoms with Gasteiger partial charge in [0.2, 0.25) is 5.78 Å². The quantitative estimate of drug-likeness (QED) is 0.733. The Labute approximate surface area is 114 Å². The fourth-order valence-corrected chi connectivity index (χ4v) is 2.24. The molecular weight excluding hydrogens is 260 g/mol. The predicted molar refractivity (Wildman–Crippen MR) is 69.9 cm³/mol. The third-order valence-corrected chi connectivity index (χ3v) is 3.37. The number of phenols is 2. The van der Waals surface area contributed by atoms with Crippen molar-refractivity contribution in [1.82, 2.24) is 0 Å². The van der Waals surface area contributed by atoms with Crippen molar-refractivity contribution in [2.75, 3.05) is 6.61 Å². The molecule has 1 unspecified atom stereocenters. The summed E-state index contributed by atoms with van der Waals surface area (Å²) >= 11 is 0. The number of carbonyl (C=O) groups excluding carboxylic acids is 1. The van der Waals surface area contributed by atoms with Crippen LogP contribution in [0.25, 0.3) is 0 Å². The first-order valence-corrected chi connectivity index (χ1v) is 6.03. The third-order valence-electron chi connectivity index (χ3n) is 3.37. The number of rotatable bonds is 1. The highest BCUT2D eigenvalue weighted by molar-refractivity contribution is 6.06. The van der Waals surface area contributed by atoms with Gasteiger partial charge in [-0.15, -0.1) is 0 Å². The highest BCUT2D eigenvalue weighted by Gasteiger charge is 2.44. The molecule has 0 bridgehead atoms. The summed E-state index contributed by atoms with van der Waals surface area (Å²) in [6.45, 7) is -0.243. The van der Waals surface area contributed by atoms with E-state index in [4.69, 9.17) is 4.74 Å². The molecule has 3 N–H and O–H groups in total. The van der Waals surface area contributed by atoms with Gasteiger partial charge in [0.05, 0.1) is 5.56 Å². The zero-order chi connectivity index (χ0) is 14.3. The number of fused-ring (bicyclic) bond motifs is 1. The first kappa shape index (κ1) is 12.5. The summed E-state index contributed by atoms with van der Waals surface area (Å²) < 4.78 is 5.38. The molecule has 1 aliphatic heterocycles. The van der Waals surface area contributed by atoms with Gasteiger partial charge < -0.3 is 20.1 Å². The minimum Gasteiger partial charge on any atom is -0.508 e. The van der Waals surface area contributed by atoms with Crippen molar-refractivity contribution in [1.29, 1.82) is 0 Å². The lowest BCUT2D eigenvalue weighted by atomic mass is 9.84. The van der Waals surface area contributed by atoms with Crippen molar-refractivity contribution in [3.63, 3.8) is 0 Å². The number of hydrogen-bond donors (Lipinski definition) is 3. The van der Waals surface area contributed by atoms with E-state index >= 15 is 0 Å². The highest BCUT2D eigenvalue weighted by Crippen LogP contribution is 2.37. The second-order valence-corrected chi connectivity index (χ2v) is 4.71. The number of aromatic hydroxyl groups is 2. The fraction of sp³-hybridized carbons (Fsp3) is 0.133. The Balaban J connectivity index is 2.06. The lowest BCUT2D eigenvalue weighted by Crippen LogP contribution is -2.44. The maximum absolute atomic E-state index is 12.5. The molecular formula is C15H12O5. The van der Waals surface area contributed by atoms with Crippen molar-refractivity contribution < 1.29 is 24.9 Å². The molecule has 0 spiro atoms. The van der Waals surface area contributed by atoms with Crippen LogP contribution in [0.15, 0.2) is 42.5 Å². The van der Waals surface area contributed by atoms with Crippen molar-refractivity contribution >= 4 is 5.78 Å². The van der Waals surface area contributed by atoms with Gasteiger partial charge in [0.25, 0.3) is 0 Å². The van der Waals surface area contributed by atoms with Crippen LogP contribution in [-0.4, -0.2) is 27.7 Å². The van der Waals surface area contributed by atoms with E-state index in [1.165, 1.54) is 42.5 Å². The number of ketones is 1. The molecule has 0 aromatic heterocycles. The summed E-state index contributed by atoms with van der Waals surface area (Å²) in [6.07, 6.45) is 0. The van der Waals surface area contributed by atoms with E-state index in [1.54, 1.807) is 0 Å². The van der Waals surface area contributed by atoms with Gasteiger partial charge in [0.15, 0.2) is 5.60 Å². The van der Waals surface area contributed by atoms with Crippen molar-refractivity contribution in [2.45, 2.75) is 5.60 Å². The summed E-state index contributed by atoms with van der Waals surface area (Å²) in [5.41, 5.74) is -1.24. The largest absolute Gasteiger partial charge is 0.508 e. The van der Waals surface area contributed by atoms with E-state index in [-0.39, 0.29) is 29.4 Å². The first-order chi connectivity index (χ1) is 9.50. The number of phenolic OH excluding ortho intramolecular Hbond substituents is 2. The highest BCUT2D eigenvalue weighted by atomic mass is 16.5. The van der Waals surface area contributed by atoms with Crippen LogP contribution in [0.2, 0.25) is 0 Å². The van der Waals surface area contributed by atoms with Crippen molar-refractivity contribution in [3.8, 4) is 17.2 Å². The van der Waals surface area contributed by atoms with E-state index in [1.807, 2.05) is 0 Å². The van der Waals surface area contributed by atoms with Crippen molar-refractivity contribution in [2.24, 2.45) is 0 Å². The number of benzene rings is 2. The van der Waals surface area contributed by atoms with E-state index in [2.05, 4.69) is 0 Å². The number of ether oxygens (including phenoxy) is 1. The van der Waals surface area contributed by atoms with Crippen LogP contribution < -0.4 is 4.74 Å². The predicted octanol–water partition coefficient (Wildman–Crippen LogP) is 1.56. The molecule has 0 radical (unpaired) electrons. The molecule has 1 heterocycles. The maximum atomic E-state index is 12.5. The summed E-state index contributed by atoms with van der Waals surface area (Å²) in [4.78, 5) is 12.5. The van der Waals surface area contributed by atoms with Gasteiger partial charge in [-0.05, 0) is 29.8 Å². The van der Waals surface area contributed by atoms with Crippen LogP contribution in [0.3, 0.4) is 0 Å². The molecule has 0 amide bonds. The molecule has 1 atom stereocenters. The van der Waals surface area contributed by atoms with Gasteiger partial charge in [-0.2, -0.15) is 0 Å². The zero-order valence-electron chi connectivity index (χ0n) is 10.4. The molecule has 3 rings (SSSR count). The number of aliphatic hydroxyl groups is 1. The minimum absolute atomic E-state index is 0.00776. The molecule has 0 saturated heterocycles. The Kier molecular flexibility index (Phi) is 2.65. The van der Waals surface area contributed by atoms with Gasteiger partial charge in [-0.25, -0.2) is 0 Å². The monoisotopic (exact) mass is 272 g/mol. The van der Waals surface area contributed by atoms with Crippen LogP contribution in [0, 0.1) is 0 Å². The van der Waals surface area contributed by atoms with Crippen LogP contribution in [0.4, 0.5) is 0 Å². The Morgan fingerprint density at radius 2 is 1.65 bits per heavy atom. The Morgan fingerprint density at radius 1 is 1.00 bits per heavy atom. The van der Waals surface area contributed by atoms with Gasteiger partial charge in [-0.3, -0.25) is 4.79 Å². The summed E-state index contributed by atoms with van der Waals surface area (Å²) in [5, 5.41) is 29.2. The van der Waals surface area contributed by atoms with Gasteiger partial charge in [0, 0.05) is 6.07 Å². The minimum atomic E-state index is -1.79. The van der Waals surface area contributed by atoms with Crippen LogP contribution in [-0.2, 0) is 5.60 Å². The van der Waals surface area contributed by atoms with Crippen molar-refractivity contribution in [3.05, 3.63) is 53.6 Å². The smallest absolute Gasteiger partial charge is 0.206 e. The number of Topliss-reactive ketones (excluding diaryl/α,β-unsaturated/α-hetero) is 1. The van der Waals surface area contributed by atoms with Gasteiger partial charge in [-0.1, -0.05) is 12.1 Å². The molecule has 5 nitrogen and oxygen atoms in total. The average Bonchev–Trinajstić information content (AvgIpc) is 2.44. The number of carbonyl (C=O) groups is 1. The van der Waals surface area contributed by atoms with E-state index in [0.717, 1.165) is 0 Å². The Hall–Kier alpha value is -2.53. The second-order valence-electron chi connectivity index (χ2n) is 4.71. The lowest BCUT2D eigenvalue weighted by Gasteiger charge is -2.32. The molecule has 0 fully saturated rings. The maximum Gasteiger partial charge on any atom is 0.206 e. The Bertz CT molecular complexity index is 677. The van der Waals surface area contributed by atoms with Gasteiger partial charge in [0.1, 0.15) is 23.9 Å². The SMILES string of the molecule is O=C1c2ccc(O)cc2OCC1(O)c1ccc(O)cc1. The molecule has 0 aliphatic carbocycles. The molecule has 0 saturated carbocycles. The van der Waals surface area contributed by atoms with Crippen LogP contribution in [0.1, 0.15) is 15.9 Å². The lowest BCUT2D eigenvalue weighted by molar-refractivity contribution is -0.00512. The normalized spacial score (nSPS) is 21.1. The molecule has 1 aliphatic rings. The fourth-order valence-electron chi connectivity index (χ4n) is 2.24. The molecule has 20 heavy (non-hydrogen) atoms. The van der Waals surface area contributed by atoms with Crippen LogP contribution in [0.5, 0.6) is 17.2 Å². The topological polar surface area (TPSA) is 87.0 Å². The first-order valence-electron chi connectivity index (χ1n) is 6.03. The summed E-state index contributed by atoms with van der Waals surface area (Å²) in [7, 11) is 0. The standard InChI is InChI=1S/C15H12O5/c16-10-3-1-9(2-4-10)15(19)8-20-13-7-11(17)5-6-12(13)14(15)18/h1-7,16-17,19H,8H2. The second kappa shape index (κ2) is 4.25. The molecule has 2 aromatic rings. The third kappa shape index (κ3) is 1.80. The van der Waals surface area contributed by atoms with Gasteiger partial charge >= 0.3 is 0 Å². The summed E-state index contributed by atoms with van der Waals surface area (Å²) in [5.74, 6) is -0.207. The number of hydrogen-bond acceptors (Lipinski definition) is 5. The van der Waals surface area contributed by atoms with Crippen LogP contribution >= 0.6 is 0 Å². The Morgan fingerprint density at radius 3 is 2.35 bits per heavy atom. The van der Waals surface area contributed by atoms with E-state index in [9.17, 15) is 20.1 Å². The molecule has 5 heteroatoms. The summed E-state index contributed by atoms with van der Waals surface area (Å²) in [6, 6.07) is 9.85. The van der Waals surface area contributed by atoms with E-state index < -0.39 is 11.4 Å². The van der Waals surface area contributed by atoms with E-state index in [0.29, 0.717) is 5.56 Å². The zero-order valence-corrected chi connectivity index (χ0v) is 10.4.